The van der Waals surface area contributed by atoms with Gasteiger partial charge in [-0.15, -0.1) is 0 Å². The molecule has 0 aliphatic heterocycles. The Morgan fingerprint density at radius 2 is 1.69 bits per heavy atom. The van der Waals surface area contributed by atoms with Crippen molar-refractivity contribution in [3.8, 4) is 5.69 Å². The zero-order valence-electron chi connectivity index (χ0n) is 17.1. The van der Waals surface area contributed by atoms with Gasteiger partial charge in [-0.2, -0.15) is 0 Å². The van der Waals surface area contributed by atoms with Gasteiger partial charge in [0, 0.05) is 35.5 Å². The highest BCUT2D eigenvalue weighted by atomic mass is 16.6. The quantitative estimate of drug-likeness (QED) is 0.670. The second-order valence-electron chi connectivity index (χ2n) is 6.71. The molecule has 1 aromatic heterocycles. The summed E-state index contributed by atoms with van der Waals surface area (Å²) in [7, 11) is 1.64. The Morgan fingerprint density at radius 1 is 1.03 bits per heavy atom. The van der Waals surface area contributed by atoms with Crippen molar-refractivity contribution in [2.24, 2.45) is 0 Å². The number of benzene rings is 2. The summed E-state index contributed by atoms with van der Waals surface area (Å²) in [4.78, 5) is 26.1. The van der Waals surface area contributed by atoms with E-state index in [4.69, 9.17) is 4.74 Å². The van der Waals surface area contributed by atoms with Crippen LogP contribution in [0.4, 0.5) is 16.2 Å². The Hall–Kier alpha value is -3.54. The number of rotatable bonds is 5. The maximum atomic E-state index is 12.8. The van der Waals surface area contributed by atoms with Crippen LogP contribution in [0.15, 0.2) is 60.7 Å². The molecule has 0 spiro atoms. The SMILES string of the molecule is CCOC(=O)N(C)c1ccc(NC(=O)c2cc(C)n(-c3ccccc3)c2C)cc1. The molecule has 3 rings (SSSR count). The first-order chi connectivity index (χ1) is 13.9. The second-order valence-corrected chi connectivity index (χ2v) is 6.71. The number of para-hydroxylation sites is 1. The van der Waals surface area contributed by atoms with Gasteiger partial charge in [0.2, 0.25) is 0 Å². The van der Waals surface area contributed by atoms with E-state index in [1.54, 1.807) is 38.2 Å². The normalized spacial score (nSPS) is 10.5. The summed E-state index contributed by atoms with van der Waals surface area (Å²) >= 11 is 0. The molecule has 0 aliphatic rings. The van der Waals surface area contributed by atoms with Gasteiger partial charge in [-0.3, -0.25) is 9.69 Å². The maximum absolute atomic E-state index is 12.8. The first kappa shape index (κ1) is 20.2. The number of carbonyl (C=O) groups is 2. The van der Waals surface area contributed by atoms with E-state index in [2.05, 4.69) is 9.88 Å². The molecule has 0 bridgehead atoms. The first-order valence-corrected chi connectivity index (χ1v) is 9.48. The van der Waals surface area contributed by atoms with E-state index in [0.29, 0.717) is 23.5 Å². The zero-order chi connectivity index (χ0) is 21.0. The Balaban J connectivity index is 1.77. The molecular formula is C23H25N3O3. The van der Waals surface area contributed by atoms with Crippen LogP contribution in [0.2, 0.25) is 0 Å². The number of aryl methyl sites for hydroxylation is 1. The van der Waals surface area contributed by atoms with Crippen LogP contribution >= 0.6 is 0 Å². The van der Waals surface area contributed by atoms with Crippen molar-refractivity contribution >= 4 is 23.4 Å². The van der Waals surface area contributed by atoms with Crippen molar-refractivity contribution in [2.75, 3.05) is 23.9 Å². The highest BCUT2D eigenvalue weighted by Crippen LogP contribution is 2.23. The smallest absolute Gasteiger partial charge is 0.413 e. The number of aromatic nitrogens is 1. The molecule has 0 saturated carbocycles. The Morgan fingerprint density at radius 3 is 2.31 bits per heavy atom. The monoisotopic (exact) mass is 391 g/mol. The molecule has 0 fully saturated rings. The molecular weight excluding hydrogens is 366 g/mol. The van der Waals surface area contributed by atoms with Crippen molar-refractivity contribution < 1.29 is 14.3 Å². The van der Waals surface area contributed by atoms with E-state index in [-0.39, 0.29) is 5.91 Å². The van der Waals surface area contributed by atoms with E-state index in [1.807, 2.05) is 50.2 Å². The van der Waals surface area contributed by atoms with Gasteiger partial charge in [-0.05, 0) is 63.2 Å². The average Bonchev–Trinajstić information content (AvgIpc) is 3.03. The van der Waals surface area contributed by atoms with Crippen molar-refractivity contribution in [1.82, 2.24) is 4.57 Å². The molecule has 2 aromatic carbocycles. The third-order valence-electron chi connectivity index (χ3n) is 4.74. The van der Waals surface area contributed by atoms with Crippen molar-refractivity contribution in [3.63, 3.8) is 0 Å². The lowest BCUT2D eigenvalue weighted by atomic mass is 10.2. The molecule has 3 aromatic rings. The summed E-state index contributed by atoms with van der Waals surface area (Å²) in [5.41, 5.74) is 4.85. The Kier molecular flexibility index (Phi) is 6.02. The highest BCUT2D eigenvalue weighted by molar-refractivity contribution is 6.05. The third kappa shape index (κ3) is 4.32. The molecule has 150 valence electrons. The fourth-order valence-corrected chi connectivity index (χ4v) is 3.26. The summed E-state index contributed by atoms with van der Waals surface area (Å²) in [6.45, 7) is 6.00. The van der Waals surface area contributed by atoms with Gasteiger partial charge < -0.3 is 14.6 Å². The number of hydrogen-bond donors (Lipinski definition) is 1. The second kappa shape index (κ2) is 8.65. The van der Waals surface area contributed by atoms with Crippen LogP contribution in [0.5, 0.6) is 0 Å². The molecule has 0 saturated heterocycles. The molecule has 0 aliphatic carbocycles. The zero-order valence-corrected chi connectivity index (χ0v) is 17.1. The predicted octanol–water partition coefficient (Wildman–Crippen LogP) is 4.94. The van der Waals surface area contributed by atoms with Gasteiger partial charge in [-0.25, -0.2) is 4.79 Å². The van der Waals surface area contributed by atoms with Gasteiger partial charge in [0.15, 0.2) is 0 Å². The van der Waals surface area contributed by atoms with Gasteiger partial charge in [0.05, 0.1) is 12.2 Å². The number of anilines is 2. The molecule has 0 atom stereocenters. The number of carbonyl (C=O) groups excluding carboxylic acids is 2. The predicted molar refractivity (Wildman–Crippen MR) is 115 cm³/mol. The van der Waals surface area contributed by atoms with Gasteiger partial charge in [0.25, 0.3) is 5.91 Å². The molecule has 1 N–H and O–H groups in total. The first-order valence-electron chi connectivity index (χ1n) is 9.48. The Labute approximate surface area is 170 Å². The lowest BCUT2D eigenvalue weighted by Crippen LogP contribution is -2.26. The minimum absolute atomic E-state index is 0.174. The molecule has 29 heavy (non-hydrogen) atoms. The van der Waals surface area contributed by atoms with Crippen LogP contribution in [0, 0.1) is 13.8 Å². The summed E-state index contributed by atoms with van der Waals surface area (Å²) in [5.74, 6) is -0.174. The van der Waals surface area contributed by atoms with Crippen molar-refractivity contribution in [1.29, 1.82) is 0 Å². The topological polar surface area (TPSA) is 63.6 Å². The summed E-state index contributed by atoms with van der Waals surface area (Å²) < 4.78 is 7.05. The molecule has 6 heteroatoms. The lowest BCUT2D eigenvalue weighted by molar-refractivity contribution is 0.102. The lowest BCUT2D eigenvalue weighted by Gasteiger charge is -2.17. The molecule has 1 heterocycles. The van der Waals surface area contributed by atoms with Crippen LogP contribution in [0.3, 0.4) is 0 Å². The van der Waals surface area contributed by atoms with E-state index in [9.17, 15) is 9.59 Å². The standard InChI is InChI=1S/C23H25N3O3/c1-5-29-23(28)25(4)19-13-11-18(12-14-19)24-22(27)21-15-16(2)26(17(21)3)20-9-7-6-8-10-20/h6-15H,5H2,1-4H3,(H,24,27). The number of nitrogens with zero attached hydrogens (tertiary/aromatic N) is 2. The van der Waals surface area contributed by atoms with E-state index in [1.165, 1.54) is 4.90 Å². The van der Waals surface area contributed by atoms with Crippen LogP contribution in [0.1, 0.15) is 28.7 Å². The third-order valence-corrected chi connectivity index (χ3v) is 4.74. The number of nitrogens with one attached hydrogen (secondary N) is 1. The van der Waals surface area contributed by atoms with Crippen LogP contribution in [-0.4, -0.2) is 30.2 Å². The van der Waals surface area contributed by atoms with E-state index < -0.39 is 6.09 Å². The van der Waals surface area contributed by atoms with Crippen molar-refractivity contribution in [3.05, 3.63) is 77.6 Å². The summed E-state index contributed by atoms with van der Waals surface area (Å²) in [6, 6.07) is 18.9. The number of hydrogen-bond acceptors (Lipinski definition) is 3. The molecule has 2 amide bonds. The minimum Gasteiger partial charge on any atom is -0.449 e. The summed E-state index contributed by atoms with van der Waals surface area (Å²) in [5, 5.41) is 2.92. The van der Waals surface area contributed by atoms with Gasteiger partial charge in [0.1, 0.15) is 0 Å². The number of amides is 2. The van der Waals surface area contributed by atoms with Gasteiger partial charge in [-0.1, -0.05) is 18.2 Å². The highest BCUT2D eigenvalue weighted by Gasteiger charge is 2.17. The summed E-state index contributed by atoms with van der Waals surface area (Å²) in [6.07, 6.45) is -0.419. The van der Waals surface area contributed by atoms with Crippen LogP contribution < -0.4 is 10.2 Å². The van der Waals surface area contributed by atoms with Gasteiger partial charge >= 0.3 is 6.09 Å². The van der Waals surface area contributed by atoms with Crippen LogP contribution in [0.25, 0.3) is 5.69 Å². The largest absolute Gasteiger partial charge is 0.449 e. The molecule has 0 unspecified atom stereocenters. The molecule has 0 radical (unpaired) electrons. The minimum atomic E-state index is -0.419. The van der Waals surface area contributed by atoms with E-state index in [0.717, 1.165) is 17.1 Å². The van der Waals surface area contributed by atoms with Crippen LogP contribution in [-0.2, 0) is 4.74 Å². The fourth-order valence-electron chi connectivity index (χ4n) is 3.26. The average molecular weight is 391 g/mol. The maximum Gasteiger partial charge on any atom is 0.413 e. The Bertz CT molecular complexity index is 1010. The van der Waals surface area contributed by atoms with E-state index >= 15 is 0 Å². The number of ether oxygens (including phenoxy) is 1. The van der Waals surface area contributed by atoms with Crippen molar-refractivity contribution in [2.45, 2.75) is 20.8 Å². The molecule has 6 nitrogen and oxygen atoms in total. The fraction of sp³-hybridized carbons (Fsp3) is 0.217.